The summed E-state index contributed by atoms with van der Waals surface area (Å²) in [4.78, 5) is 53.0. The van der Waals surface area contributed by atoms with Gasteiger partial charge in [0.15, 0.2) is 0 Å². The number of carbonyl (C=O) groups is 4. The van der Waals surface area contributed by atoms with Gasteiger partial charge in [0, 0.05) is 31.1 Å². The fraction of sp³-hybridized carbons (Fsp3) is 0.545. The minimum atomic E-state index is -0.933. The first kappa shape index (κ1) is 19.4. The second-order valence-electron chi connectivity index (χ2n) is 9.10. The number of imide groups is 2. The molecule has 4 aliphatic rings. The highest BCUT2D eigenvalue weighted by Gasteiger charge is 2.47. The van der Waals surface area contributed by atoms with E-state index in [0.717, 1.165) is 36.3 Å². The Morgan fingerprint density at radius 3 is 2.53 bits per heavy atom. The number of rotatable bonds is 3. The van der Waals surface area contributed by atoms with Gasteiger partial charge in [-0.25, -0.2) is 0 Å². The molecule has 1 spiro atoms. The molecule has 3 aliphatic heterocycles. The lowest BCUT2D eigenvalue weighted by Gasteiger charge is -2.35. The van der Waals surface area contributed by atoms with Gasteiger partial charge < -0.3 is 5.73 Å². The Balaban J connectivity index is 1.39. The first-order valence-electron chi connectivity index (χ1n) is 10.7. The number of carbonyl (C=O) groups excluding carboxylic acids is 4. The molecule has 30 heavy (non-hydrogen) atoms. The SMILES string of the molecule is NC1CN(Cc2ccc3c(c2)C(=O)N(C2CCC(=O)NC2=O)C3=O)C2(CCCC2)C1. The van der Waals surface area contributed by atoms with Gasteiger partial charge in [0.25, 0.3) is 11.8 Å². The molecule has 3 fully saturated rings. The maximum atomic E-state index is 13.0. The predicted molar refractivity (Wildman–Crippen MR) is 107 cm³/mol. The highest BCUT2D eigenvalue weighted by Crippen LogP contribution is 2.43. The molecule has 8 heteroatoms. The first-order chi connectivity index (χ1) is 14.4. The Hall–Kier alpha value is -2.58. The van der Waals surface area contributed by atoms with E-state index in [1.54, 1.807) is 12.1 Å². The maximum Gasteiger partial charge on any atom is 0.262 e. The van der Waals surface area contributed by atoms with Crippen molar-refractivity contribution in [2.24, 2.45) is 5.73 Å². The zero-order valence-corrected chi connectivity index (χ0v) is 16.9. The van der Waals surface area contributed by atoms with Crippen LogP contribution < -0.4 is 11.1 Å². The number of nitrogens with one attached hydrogen (secondary N) is 1. The average Bonchev–Trinajstić information content (AvgIpc) is 3.35. The number of amides is 4. The number of hydrogen-bond acceptors (Lipinski definition) is 6. The van der Waals surface area contributed by atoms with Gasteiger partial charge in [-0.2, -0.15) is 0 Å². The quantitative estimate of drug-likeness (QED) is 0.717. The number of nitrogens with two attached hydrogens (primary N) is 1. The number of likely N-dealkylation sites (tertiary alicyclic amines) is 1. The lowest BCUT2D eigenvalue weighted by molar-refractivity contribution is -0.136. The van der Waals surface area contributed by atoms with Crippen LogP contribution >= 0.6 is 0 Å². The minimum Gasteiger partial charge on any atom is -0.326 e. The second kappa shape index (κ2) is 6.99. The van der Waals surface area contributed by atoms with Gasteiger partial charge in [0.1, 0.15) is 6.04 Å². The molecule has 158 valence electrons. The minimum absolute atomic E-state index is 0.117. The van der Waals surface area contributed by atoms with Crippen molar-refractivity contribution in [3.63, 3.8) is 0 Å². The van der Waals surface area contributed by atoms with Crippen LogP contribution in [0.25, 0.3) is 0 Å². The zero-order valence-electron chi connectivity index (χ0n) is 16.9. The smallest absolute Gasteiger partial charge is 0.262 e. The maximum absolute atomic E-state index is 13.0. The number of fused-ring (bicyclic) bond motifs is 1. The Kier molecular flexibility index (Phi) is 4.52. The summed E-state index contributed by atoms with van der Waals surface area (Å²) in [5, 5.41) is 2.22. The summed E-state index contributed by atoms with van der Waals surface area (Å²) in [6.45, 7) is 1.53. The highest BCUT2D eigenvalue weighted by molar-refractivity contribution is 6.23. The van der Waals surface area contributed by atoms with Crippen molar-refractivity contribution < 1.29 is 19.2 Å². The van der Waals surface area contributed by atoms with Gasteiger partial charge in [0.05, 0.1) is 11.1 Å². The Morgan fingerprint density at radius 1 is 1.07 bits per heavy atom. The van der Waals surface area contributed by atoms with Crippen LogP contribution in [-0.2, 0) is 16.1 Å². The van der Waals surface area contributed by atoms with Crippen molar-refractivity contribution >= 4 is 23.6 Å². The molecule has 3 N–H and O–H groups in total. The first-order valence-corrected chi connectivity index (χ1v) is 10.7. The van der Waals surface area contributed by atoms with Crippen LogP contribution in [-0.4, -0.2) is 57.6 Å². The molecule has 8 nitrogen and oxygen atoms in total. The Morgan fingerprint density at radius 2 is 1.80 bits per heavy atom. The van der Waals surface area contributed by atoms with Crippen LogP contribution in [0.15, 0.2) is 18.2 Å². The zero-order chi connectivity index (χ0) is 21.0. The predicted octanol–water partition coefficient (Wildman–Crippen LogP) is 0.934. The lowest BCUT2D eigenvalue weighted by Crippen LogP contribution is -2.54. The molecule has 2 atom stereocenters. The summed E-state index contributed by atoms with van der Waals surface area (Å²) in [6.07, 6.45) is 6.06. The topological polar surface area (TPSA) is 113 Å². The molecular weight excluding hydrogens is 384 g/mol. The summed E-state index contributed by atoms with van der Waals surface area (Å²) in [7, 11) is 0. The van der Waals surface area contributed by atoms with E-state index in [1.165, 1.54) is 12.8 Å². The van der Waals surface area contributed by atoms with Crippen molar-refractivity contribution in [2.75, 3.05) is 6.54 Å². The van der Waals surface area contributed by atoms with Crippen LogP contribution in [0.4, 0.5) is 0 Å². The third-order valence-electron chi connectivity index (χ3n) is 7.18. The van der Waals surface area contributed by atoms with Crippen LogP contribution in [0.3, 0.4) is 0 Å². The molecule has 0 bridgehead atoms. The fourth-order valence-electron chi connectivity index (χ4n) is 5.78. The van der Waals surface area contributed by atoms with E-state index >= 15 is 0 Å². The molecule has 1 saturated carbocycles. The molecule has 2 saturated heterocycles. The average molecular weight is 410 g/mol. The van der Waals surface area contributed by atoms with Crippen LogP contribution in [0.1, 0.15) is 71.2 Å². The van der Waals surface area contributed by atoms with E-state index in [2.05, 4.69) is 10.2 Å². The van der Waals surface area contributed by atoms with Crippen molar-refractivity contribution in [3.8, 4) is 0 Å². The Labute approximate surface area is 174 Å². The van der Waals surface area contributed by atoms with Gasteiger partial charge in [-0.1, -0.05) is 18.9 Å². The summed E-state index contributed by atoms with van der Waals surface area (Å²) in [5.74, 6) is -1.89. The Bertz CT molecular complexity index is 952. The third kappa shape index (κ3) is 2.97. The summed E-state index contributed by atoms with van der Waals surface area (Å²) in [6, 6.07) is 4.60. The van der Waals surface area contributed by atoms with Gasteiger partial charge in [-0.15, -0.1) is 0 Å². The molecule has 2 unspecified atom stereocenters. The molecule has 1 aliphatic carbocycles. The summed E-state index contributed by atoms with van der Waals surface area (Å²) in [5.41, 5.74) is 8.08. The molecule has 0 radical (unpaired) electrons. The molecule has 3 heterocycles. The van der Waals surface area contributed by atoms with Gasteiger partial charge in [0.2, 0.25) is 11.8 Å². The lowest BCUT2D eigenvalue weighted by atomic mass is 9.92. The van der Waals surface area contributed by atoms with Gasteiger partial charge in [-0.05, 0) is 43.4 Å². The second-order valence-corrected chi connectivity index (χ2v) is 9.10. The summed E-state index contributed by atoms with van der Waals surface area (Å²) < 4.78 is 0. The standard InChI is InChI=1S/C22H26N4O4/c23-14-10-22(7-1-2-8-22)25(12-14)11-13-3-4-15-16(9-13)21(30)26(20(15)29)17-5-6-18(27)24-19(17)28/h3-4,9,14,17H,1-2,5-8,10-12,23H2,(H,24,27,28). The van der Waals surface area contributed by atoms with Crippen molar-refractivity contribution in [2.45, 2.75) is 69.1 Å². The molecular formula is C22H26N4O4. The fourth-order valence-corrected chi connectivity index (χ4v) is 5.78. The van der Waals surface area contributed by atoms with Gasteiger partial charge in [-0.3, -0.25) is 34.3 Å². The third-order valence-corrected chi connectivity index (χ3v) is 7.18. The number of piperidine rings is 1. The molecule has 4 amide bonds. The van der Waals surface area contributed by atoms with E-state index in [1.807, 2.05) is 6.07 Å². The molecule has 5 rings (SSSR count). The molecule has 1 aromatic carbocycles. The van der Waals surface area contributed by atoms with E-state index < -0.39 is 23.8 Å². The van der Waals surface area contributed by atoms with Crippen molar-refractivity contribution in [1.82, 2.24) is 15.1 Å². The largest absolute Gasteiger partial charge is 0.326 e. The normalized spacial score (nSPS) is 28.5. The monoisotopic (exact) mass is 410 g/mol. The van der Waals surface area contributed by atoms with E-state index in [4.69, 9.17) is 5.73 Å². The number of hydrogen-bond donors (Lipinski definition) is 2. The van der Waals surface area contributed by atoms with E-state index in [-0.39, 0.29) is 30.3 Å². The summed E-state index contributed by atoms with van der Waals surface area (Å²) >= 11 is 0. The van der Waals surface area contributed by atoms with E-state index in [0.29, 0.717) is 17.7 Å². The van der Waals surface area contributed by atoms with Crippen LogP contribution in [0.5, 0.6) is 0 Å². The van der Waals surface area contributed by atoms with Crippen molar-refractivity contribution in [3.05, 3.63) is 34.9 Å². The van der Waals surface area contributed by atoms with E-state index in [9.17, 15) is 19.2 Å². The molecule has 1 aromatic rings. The number of benzene rings is 1. The van der Waals surface area contributed by atoms with Crippen molar-refractivity contribution in [1.29, 1.82) is 0 Å². The molecule has 0 aromatic heterocycles. The van der Waals surface area contributed by atoms with Crippen LogP contribution in [0, 0.1) is 0 Å². The number of nitrogens with zero attached hydrogens (tertiary/aromatic N) is 2. The van der Waals surface area contributed by atoms with Crippen LogP contribution in [0.2, 0.25) is 0 Å². The highest BCUT2D eigenvalue weighted by atomic mass is 16.2. The van der Waals surface area contributed by atoms with Gasteiger partial charge >= 0.3 is 0 Å².